The maximum atomic E-state index is 13.6. The maximum Gasteiger partial charge on any atom is 0.240 e. The first-order valence-electron chi connectivity index (χ1n) is 5.58. The van der Waals surface area contributed by atoms with Crippen LogP contribution in [0.15, 0.2) is 30.7 Å². The van der Waals surface area contributed by atoms with E-state index in [1.54, 1.807) is 31.5 Å². The minimum absolute atomic E-state index is 0.366. The quantitative estimate of drug-likeness (QED) is 0.835. The summed E-state index contributed by atoms with van der Waals surface area (Å²) < 4.78 is 19.1. The third-order valence-electron chi connectivity index (χ3n) is 2.40. The summed E-state index contributed by atoms with van der Waals surface area (Å²) in [5, 5.41) is 0. The van der Waals surface area contributed by atoms with Gasteiger partial charge in [-0.2, -0.15) is 0 Å². The SMILES string of the molecule is Cc1nccnc1Oc1ccc(C(C)(C)F)nc1. The predicted octanol–water partition coefficient (Wildman–Crippen LogP) is 3.18. The van der Waals surface area contributed by atoms with Gasteiger partial charge in [0.1, 0.15) is 11.4 Å². The van der Waals surface area contributed by atoms with Crippen LogP contribution >= 0.6 is 0 Å². The fourth-order valence-corrected chi connectivity index (χ4v) is 1.40. The summed E-state index contributed by atoms with van der Waals surface area (Å²) in [6.45, 7) is 4.72. The summed E-state index contributed by atoms with van der Waals surface area (Å²) in [6.07, 6.45) is 4.62. The van der Waals surface area contributed by atoms with Crippen molar-refractivity contribution in [3.63, 3.8) is 0 Å². The number of halogens is 1. The Morgan fingerprint density at radius 1 is 1.11 bits per heavy atom. The van der Waals surface area contributed by atoms with Crippen LogP contribution in [0.25, 0.3) is 0 Å². The van der Waals surface area contributed by atoms with Crippen molar-refractivity contribution in [2.75, 3.05) is 0 Å². The Hall–Kier alpha value is -2.04. The van der Waals surface area contributed by atoms with Crippen LogP contribution in [-0.2, 0) is 5.67 Å². The van der Waals surface area contributed by atoms with E-state index in [0.717, 1.165) is 0 Å². The van der Waals surface area contributed by atoms with E-state index in [0.29, 0.717) is 23.0 Å². The minimum atomic E-state index is -1.46. The molecule has 94 valence electrons. The second-order valence-corrected chi connectivity index (χ2v) is 4.40. The van der Waals surface area contributed by atoms with Gasteiger partial charge in [0.15, 0.2) is 0 Å². The van der Waals surface area contributed by atoms with Crippen LogP contribution < -0.4 is 4.74 Å². The maximum absolute atomic E-state index is 13.6. The first kappa shape index (κ1) is 12.4. The van der Waals surface area contributed by atoms with Crippen LogP contribution in [-0.4, -0.2) is 15.0 Å². The molecule has 0 bridgehead atoms. The van der Waals surface area contributed by atoms with Gasteiger partial charge in [0.25, 0.3) is 0 Å². The van der Waals surface area contributed by atoms with Gasteiger partial charge in [-0.1, -0.05) is 0 Å². The molecule has 0 N–H and O–H groups in total. The highest BCUT2D eigenvalue weighted by Crippen LogP contribution is 2.25. The van der Waals surface area contributed by atoms with E-state index in [9.17, 15) is 4.39 Å². The largest absolute Gasteiger partial charge is 0.436 e. The molecule has 0 aliphatic carbocycles. The van der Waals surface area contributed by atoms with Crippen molar-refractivity contribution in [3.05, 3.63) is 42.1 Å². The zero-order chi connectivity index (χ0) is 13.2. The average molecular weight is 247 g/mol. The topological polar surface area (TPSA) is 47.9 Å². The summed E-state index contributed by atoms with van der Waals surface area (Å²) in [5.74, 6) is 0.929. The smallest absolute Gasteiger partial charge is 0.240 e. The number of alkyl halides is 1. The first-order chi connectivity index (χ1) is 8.47. The van der Waals surface area contributed by atoms with Crippen molar-refractivity contribution in [1.29, 1.82) is 0 Å². The number of nitrogens with zero attached hydrogens (tertiary/aromatic N) is 3. The Kier molecular flexibility index (Phi) is 3.23. The molecule has 0 atom stereocenters. The van der Waals surface area contributed by atoms with Gasteiger partial charge in [-0.3, -0.25) is 9.97 Å². The van der Waals surface area contributed by atoms with Crippen molar-refractivity contribution < 1.29 is 9.13 Å². The molecule has 18 heavy (non-hydrogen) atoms. The normalized spacial score (nSPS) is 11.3. The van der Waals surface area contributed by atoms with E-state index in [2.05, 4.69) is 15.0 Å². The summed E-state index contributed by atoms with van der Waals surface area (Å²) in [4.78, 5) is 12.1. The van der Waals surface area contributed by atoms with E-state index in [1.807, 2.05) is 0 Å². The molecule has 0 fully saturated rings. The number of aryl methyl sites for hydroxylation is 1. The monoisotopic (exact) mass is 247 g/mol. The minimum Gasteiger partial charge on any atom is -0.436 e. The van der Waals surface area contributed by atoms with E-state index in [4.69, 9.17) is 4.74 Å². The number of hydrogen-bond acceptors (Lipinski definition) is 4. The number of aromatic nitrogens is 3. The van der Waals surface area contributed by atoms with Gasteiger partial charge in [0.05, 0.1) is 17.6 Å². The summed E-state index contributed by atoms with van der Waals surface area (Å²) in [5.41, 5.74) is -0.404. The molecule has 0 aromatic carbocycles. The van der Waals surface area contributed by atoms with E-state index in [-0.39, 0.29) is 0 Å². The molecule has 0 aliphatic heterocycles. The highest BCUT2D eigenvalue weighted by molar-refractivity contribution is 5.28. The summed E-state index contributed by atoms with van der Waals surface area (Å²) in [6, 6.07) is 3.26. The van der Waals surface area contributed by atoms with Crippen LogP contribution in [0.4, 0.5) is 4.39 Å². The molecule has 4 nitrogen and oxygen atoms in total. The van der Waals surface area contributed by atoms with Crippen LogP contribution in [0.3, 0.4) is 0 Å². The number of rotatable bonds is 3. The molecule has 0 saturated carbocycles. The Balaban J connectivity index is 2.19. The predicted molar refractivity (Wildman–Crippen MR) is 65.2 cm³/mol. The number of hydrogen-bond donors (Lipinski definition) is 0. The van der Waals surface area contributed by atoms with Crippen LogP contribution in [0.2, 0.25) is 0 Å². The summed E-state index contributed by atoms with van der Waals surface area (Å²) in [7, 11) is 0. The molecule has 0 spiro atoms. The highest BCUT2D eigenvalue weighted by atomic mass is 19.1. The molecule has 2 heterocycles. The molecular weight excluding hydrogens is 233 g/mol. The molecular formula is C13H14FN3O. The molecule has 0 aliphatic rings. The Morgan fingerprint density at radius 3 is 2.39 bits per heavy atom. The van der Waals surface area contributed by atoms with E-state index < -0.39 is 5.67 Å². The second kappa shape index (κ2) is 4.68. The molecule has 0 saturated heterocycles. The third kappa shape index (κ3) is 2.80. The third-order valence-corrected chi connectivity index (χ3v) is 2.40. The Bertz CT molecular complexity index is 535. The van der Waals surface area contributed by atoms with Gasteiger partial charge in [-0.05, 0) is 32.9 Å². The number of pyridine rings is 1. The van der Waals surface area contributed by atoms with Crippen LogP contribution in [0, 0.1) is 6.92 Å². The fraction of sp³-hybridized carbons (Fsp3) is 0.308. The van der Waals surface area contributed by atoms with Gasteiger partial charge in [-0.15, -0.1) is 0 Å². The zero-order valence-electron chi connectivity index (χ0n) is 10.5. The molecule has 5 heteroatoms. The molecule has 0 unspecified atom stereocenters. The molecule has 2 aromatic rings. The fourth-order valence-electron chi connectivity index (χ4n) is 1.40. The number of ether oxygens (including phenoxy) is 1. The summed E-state index contributed by atoms with van der Waals surface area (Å²) >= 11 is 0. The molecule has 0 radical (unpaired) electrons. The molecule has 2 rings (SSSR count). The van der Waals surface area contributed by atoms with Gasteiger partial charge in [0, 0.05) is 12.4 Å². The average Bonchev–Trinajstić information content (AvgIpc) is 2.32. The lowest BCUT2D eigenvalue weighted by Gasteiger charge is -2.13. The Labute approximate surface area is 105 Å². The van der Waals surface area contributed by atoms with Crippen molar-refractivity contribution >= 4 is 0 Å². The van der Waals surface area contributed by atoms with Crippen molar-refractivity contribution in [1.82, 2.24) is 15.0 Å². The second-order valence-electron chi connectivity index (χ2n) is 4.40. The van der Waals surface area contributed by atoms with Gasteiger partial charge < -0.3 is 4.74 Å². The first-order valence-corrected chi connectivity index (χ1v) is 5.58. The standard InChI is InChI=1S/C13H14FN3O/c1-9-12(16-7-6-15-9)18-10-4-5-11(17-8-10)13(2,3)14/h4-8H,1-3H3. The lowest BCUT2D eigenvalue weighted by Crippen LogP contribution is -2.11. The Morgan fingerprint density at radius 2 is 1.83 bits per heavy atom. The van der Waals surface area contributed by atoms with Crippen LogP contribution in [0.5, 0.6) is 11.6 Å². The van der Waals surface area contributed by atoms with Crippen molar-refractivity contribution in [3.8, 4) is 11.6 Å². The van der Waals surface area contributed by atoms with Crippen molar-refractivity contribution in [2.24, 2.45) is 0 Å². The van der Waals surface area contributed by atoms with Crippen LogP contribution in [0.1, 0.15) is 25.2 Å². The zero-order valence-corrected chi connectivity index (χ0v) is 10.5. The van der Waals surface area contributed by atoms with Crippen molar-refractivity contribution in [2.45, 2.75) is 26.4 Å². The van der Waals surface area contributed by atoms with Gasteiger partial charge >= 0.3 is 0 Å². The van der Waals surface area contributed by atoms with E-state index in [1.165, 1.54) is 20.0 Å². The lowest BCUT2D eigenvalue weighted by molar-refractivity contribution is 0.214. The molecule has 2 aromatic heterocycles. The van der Waals surface area contributed by atoms with Gasteiger partial charge in [-0.25, -0.2) is 9.37 Å². The van der Waals surface area contributed by atoms with Gasteiger partial charge in [0.2, 0.25) is 5.88 Å². The lowest BCUT2D eigenvalue weighted by atomic mass is 10.1. The molecule has 0 amide bonds. The van der Waals surface area contributed by atoms with E-state index >= 15 is 0 Å². The highest BCUT2D eigenvalue weighted by Gasteiger charge is 2.20.